The van der Waals surface area contributed by atoms with Crippen molar-refractivity contribution in [2.45, 2.75) is 19.1 Å². The van der Waals surface area contributed by atoms with Gasteiger partial charge in [-0.1, -0.05) is 6.07 Å². The molecular formula is C11H14O4. The summed E-state index contributed by atoms with van der Waals surface area (Å²) >= 11 is 0. The van der Waals surface area contributed by atoms with Crippen molar-refractivity contribution in [3.63, 3.8) is 0 Å². The molecule has 82 valence electrons. The minimum Gasteiger partial charge on any atom is -0.454 e. The lowest BCUT2D eigenvalue weighted by Crippen LogP contribution is -2.16. The molecule has 0 aliphatic carbocycles. The van der Waals surface area contributed by atoms with Crippen LogP contribution >= 0.6 is 0 Å². The Hall–Kier alpha value is -1.26. The number of aliphatic hydroxyl groups is 1. The van der Waals surface area contributed by atoms with Gasteiger partial charge in [-0.15, -0.1) is 0 Å². The number of aliphatic hydroxyl groups excluding tert-OH is 1. The molecular weight excluding hydrogens is 196 g/mol. The third-order valence-electron chi connectivity index (χ3n) is 2.55. The first kappa shape index (κ1) is 10.3. The Labute approximate surface area is 88.4 Å². The molecule has 0 amide bonds. The van der Waals surface area contributed by atoms with Crippen molar-refractivity contribution in [1.29, 1.82) is 0 Å². The van der Waals surface area contributed by atoms with Crippen LogP contribution in [0.25, 0.3) is 0 Å². The molecule has 2 rings (SSSR count). The Kier molecular flexibility index (Phi) is 2.79. The zero-order chi connectivity index (χ0) is 10.8. The summed E-state index contributed by atoms with van der Waals surface area (Å²) in [6.45, 7) is 2.06. The van der Waals surface area contributed by atoms with Gasteiger partial charge in [0.2, 0.25) is 6.79 Å². The molecule has 0 aromatic heterocycles. The zero-order valence-electron chi connectivity index (χ0n) is 8.77. The molecule has 2 unspecified atom stereocenters. The van der Waals surface area contributed by atoms with Crippen LogP contribution in [-0.2, 0) is 4.74 Å². The molecule has 0 saturated heterocycles. The lowest BCUT2D eigenvalue weighted by molar-refractivity contribution is -0.00149. The molecule has 0 bridgehead atoms. The van der Waals surface area contributed by atoms with Crippen molar-refractivity contribution in [1.82, 2.24) is 0 Å². The Balaban J connectivity index is 2.22. The number of hydrogen-bond donors (Lipinski definition) is 1. The Morgan fingerprint density at radius 1 is 1.33 bits per heavy atom. The average Bonchev–Trinajstić information content (AvgIpc) is 2.73. The van der Waals surface area contributed by atoms with E-state index in [-0.39, 0.29) is 12.9 Å². The van der Waals surface area contributed by atoms with E-state index in [1.54, 1.807) is 19.2 Å². The predicted molar refractivity (Wildman–Crippen MR) is 54.0 cm³/mol. The Morgan fingerprint density at radius 3 is 2.80 bits per heavy atom. The Morgan fingerprint density at radius 2 is 2.07 bits per heavy atom. The van der Waals surface area contributed by atoms with E-state index in [1.165, 1.54) is 0 Å². The molecule has 0 radical (unpaired) electrons. The van der Waals surface area contributed by atoms with E-state index < -0.39 is 6.10 Å². The summed E-state index contributed by atoms with van der Waals surface area (Å²) in [5.74, 6) is 1.39. The van der Waals surface area contributed by atoms with Crippen LogP contribution in [0.15, 0.2) is 18.2 Å². The van der Waals surface area contributed by atoms with Gasteiger partial charge in [-0.05, 0) is 24.6 Å². The highest BCUT2D eigenvalue weighted by molar-refractivity contribution is 5.45. The van der Waals surface area contributed by atoms with Gasteiger partial charge >= 0.3 is 0 Å². The number of hydrogen-bond acceptors (Lipinski definition) is 4. The maximum Gasteiger partial charge on any atom is 0.231 e. The molecule has 0 spiro atoms. The third kappa shape index (κ3) is 1.91. The first-order valence-electron chi connectivity index (χ1n) is 4.83. The highest BCUT2D eigenvalue weighted by Crippen LogP contribution is 2.34. The summed E-state index contributed by atoms with van der Waals surface area (Å²) in [5.41, 5.74) is 0.772. The Bertz CT molecular complexity index is 350. The number of benzene rings is 1. The molecule has 1 heterocycles. The lowest BCUT2D eigenvalue weighted by atomic mass is 10.0. The minimum atomic E-state index is -0.649. The molecule has 4 heteroatoms. The van der Waals surface area contributed by atoms with Crippen molar-refractivity contribution in [2.24, 2.45) is 0 Å². The number of ether oxygens (including phenoxy) is 3. The molecule has 1 aromatic carbocycles. The van der Waals surface area contributed by atoms with Gasteiger partial charge in [-0.2, -0.15) is 0 Å². The molecule has 4 nitrogen and oxygen atoms in total. The van der Waals surface area contributed by atoms with Crippen molar-refractivity contribution in [3.8, 4) is 11.5 Å². The second-order valence-corrected chi connectivity index (χ2v) is 3.50. The van der Waals surface area contributed by atoms with E-state index in [0.29, 0.717) is 5.75 Å². The normalized spacial score (nSPS) is 17.5. The SMILES string of the molecule is COC(C)C(O)c1ccc2c(c1)OCO2. The van der Waals surface area contributed by atoms with Gasteiger partial charge in [-0.25, -0.2) is 0 Å². The smallest absolute Gasteiger partial charge is 0.231 e. The van der Waals surface area contributed by atoms with Gasteiger partial charge in [0.25, 0.3) is 0 Å². The first-order valence-corrected chi connectivity index (χ1v) is 4.83. The molecule has 1 N–H and O–H groups in total. The van der Waals surface area contributed by atoms with E-state index in [1.807, 2.05) is 13.0 Å². The monoisotopic (exact) mass is 210 g/mol. The fourth-order valence-corrected chi connectivity index (χ4v) is 1.50. The van der Waals surface area contributed by atoms with Crippen molar-refractivity contribution in [2.75, 3.05) is 13.9 Å². The summed E-state index contributed by atoms with van der Waals surface area (Å²) in [5, 5.41) is 9.90. The molecule has 1 aliphatic heterocycles. The molecule has 0 saturated carbocycles. The largest absolute Gasteiger partial charge is 0.454 e. The van der Waals surface area contributed by atoms with Crippen LogP contribution in [0, 0.1) is 0 Å². The van der Waals surface area contributed by atoms with E-state index in [0.717, 1.165) is 11.3 Å². The van der Waals surface area contributed by atoms with E-state index >= 15 is 0 Å². The maximum atomic E-state index is 9.90. The van der Waals surface area contributed by atoms with E-state index in [4.69, 9.17) is 14.2 Å². The molecule has 1 aromatic rings. The summed E-state index contributed by atoms with van der Waals surface area (Å²) < 4.78 is 15.5. The molecule has 0 fully saturated rings. The van der Waals surface area contributed by atoms with Gasteiger partial charge in [-0.3, -0.25) is 0 Å². The number of fused-ring (bicyclic) bond motifs is 1. The van der Waals surface area contributed by atoms with Crippen molar-refractivity contribution in [3.05, 3.63) is 23.8 Å². The highest BCUT2D eigenvalue weighted by Gasteiger charge is 2.20. The summed E-state index contributed by atoms with van der Waals surface area (Å²) in [4.78, 5) is 0. The average molecular weight is 210 g/mol. The van der Waals surface area contributed by atoms with Crippen molar-refractivity contribution >= 4 is 0 Å². The maximum absolute atomic E-state index is 9.90. The quantitative estimate of drug-likeness (QED) is 0.821. The molecule has 2 atom stereocenters. The third-order valence-corrected chi connectivity index (χ3v) is 2.55. The summed E-state index contributed by atoms with van der Waals surface area (Å²) in [6.07, 6.45) is -0.894. The first-order chi connectivity index (χ1) is 7.22. The molecule has 1 aliphatic rings. The van der Waals surface area contributed by atoms with Gasteiger partial charge in [0, 0.05) is 7.11 Å². The van der Waals surface area contributed by atoms with Crippen LogP contribution in [-0.4, -0.2) is 25.1 Å². The van der Waals surface area contributed by atoms with Crippen LogP contribution in [0.1, 0.15) is 18.6 Å². The predicted octanol–water partition coefficient (Wildman–Crippen LogP) is 1.48. The molecule has 15 heavy (non-hydrogen) atoms. The van der Waals surface area contributed by atoms with Gasteiger partial charge in [0.05, 0.1) is 6.10 Å². The standard InChI is InChI=1S/C11H14O4/c1-7(13-2)11(12)8-3-4-9-10(5-8)15-6-14-9/h3-5,7,11-12H,6H2,1-2H3. The van der Waals surface area contributed by atoms with Gasteiger partial charge in [0.1, 0.15) is 6.10 Å². The van der Waals surface area contributed by atoms with E-state index in [2.05, 4.69) is 0 Å². The van der Waals surface area contributed by atoms with Crippen LogP contribution in [0.3, 0.4) is 0 Å². The lowest BCUT2D eigenvalue weighted by Gasteiger charge is -2.17. The summed E-state index contributed by atoms with van der Waals surface area (Å²) in [6, 6.07) is 5.39. The fourth-order valence-electron chi connectivity index (χ4n) is 1.50. The van der Waals surface area contributed by atoms with Crippen LogP contribution in [0.5, 0.6) is 11.5 Å². The fraction of sp³-hybridized carbons (Fsp3) is 0.455. The van der Waals surface area contributed by atoms with Crippen LogP contribution in [0.4, 0.5) is 0 Å². The highest BCUT2D eigenvalue weighted by atomic mass is 16.7. The van der Waals surface area contributed by atoms with Gasteiger partial charge < -0.3 is 19.3 Å². The van der Waals surface area contributed by atoms with E-state index in [9.17, 15) is 5.11 Å². The number of methoxy groups -OCH3 is 1. The topological polar surface area (TPSA) is 47.9 Å². The summed E-state index contributed by atoms with van der Waals surface area (Å²) in [7, 11) is 1.57. The minimum absolute atomic E-state index is 0.245. The van der Waals surface area contributed by atoms with Crippen LogP contribution in [0.2, 0.25) is 0 Å². The number of rotatable bonds is 3. The second-order valence-electron chi connectivity index (χ2n) is 3.50. The zero-order valence-corrected chi connectivity index (χ0v) is 8.77. The van der Waals surface area contributed by atoms with Gasteiger partial charge in [0.15, 0.2) is 11.5 Å². The van der Waals surface area contributed by atoms with Crippen molar-refractivity contribution < 1.29 is 19.3 Å². The second kappa shape index (κ2) is 4.08. The van der Waals surface area contributed by atoms with Crippen LogP contribution < -0.4 is 9.47 Å².